The van der Waals surface area contributed by atoms with Crippen LogP contribution in [0, 0.1) is 0 Å². The molecule has 92 valence electrons. The lowest BCUT2D eigenvalue weighted by atomic mass is 10.4. The van der Waals surface area contributed by atoms with Crippen molar-refractivity contribution in [3.63, 3.8) is 0 Å². The van der Waals surface area contributed by atoms with Crippen LogP contribution in [0.4, 0.5) is 0 Å². The molecule has 2 aromatic rings. The molecule has 5 heteroatoms. The molecule has 17 heavy (non-hydrogen) atoms. The van der Waals surface area contributed by atoms with Crippen LogP contribution >= 0.6 is 0 Å². The summed E-state index contributed by atoms with van der Waals surface area (Å²) >= 11 is 0. The number of aromatic nitrogens is 4. The fraction of sp³-hybridized carbons (Fsp3) is 0.500. The lowest BCUT2D eigenvalue weighted by Crippen LogP contribution is -2.12. The molecule has 0 aliphatic heterocycles. The summed E-state index contributed by atoms with van der Waals surface area (Å²) in [5.74, 6) is 0. The van der Waals surface area contributed by atoms with Crippen molar-refractivity contribution in [2.24, 2.45) is 0 Å². The van der Waals surface area contributed by atoms with Crippen LogP contribution in [0.2, 0.25) is 0 Å². The third-order valence-electron chi connectivity index (χ3n) is 2.61. The quantitative estimate of drug-likeness (QED) is 0.817. The largest absolute Gasteiger partial charge is 0.311 e. The zero-order valence-corrected chi connectivity index (χ0v) is 10.4. The van der Waals surface area contributed by atoms with Gasteiger partial charge >= 0.3 is 0 Å². The molecule has 0 radical (unpaired) electrons. The van der Waals surface area contributed by atoms with Gasteiger partial charge in [-0.2, -0.15) is 10.2 Å². The minimum Gasteiger partial charge on any atom is -0.311 e. The maximum Gasteiger partial charge on any atom is 0.0762 e. The summed E-state index contributed by atoms with van der Waals surface area (Å²) < 4.78 is 3.88. The Balaban J connectivity index is 1.96. The Morgan fingerprint density at radius 3 is 2.88 bits per heavy atom. The first-order chi connectivity index (χ1) is 8.31. The van der Waals surface area contributed by atoms with Crippen LogP contribution < -0.4 is 5.32 Å². The highest BCUT2D eigenvalue weighted by molar-refractivity contribution is 5.06. The number of nitrogens with zero attached hydrogens (tertiary/aromatic N) is 4. The molecule has 0 atom stereocenters. The van der Waals surface area contributed by atoms with Crippen molar-refractivity contribution < 1.29 is 0 Å². The molecular weight excluding hydrogens is 214 g/mol. The minimum absolute atomic E-state index is 0.784. The van der Waals surface area contributed by atoms with E-state index in [1.54, 1.807) is 0 Å². The number of hydrogen-bond acceptors (Lipinski definition) is 3. The molecule has 5 nitrogen and oxygen atoms in total. The third kappa shape index (κ3) is 3.17. The van der Waals surface area contributed by atoms with Crippen molar-refractivity contribution in [2.75, 3.05) is 6.54 Å². The average Bonchev–Trinajstić information content (AvgIpc) is 2.96. The van der Waals surface area contributed by atoms with Crippen molar-refractivity contribution in [3.05, 3.63) is 35.9 Å². The summed E-state index contributed by atoms with van der Waals surface area (Å²) in [4.78, 5) is 0. The summed E-state index contributed by atoms with van der Waals surface area (Å²) in [6.45, 7) is 7.67. The fourth-order valence-corrected chi connectivity index (χ4v) is 1.69. The normalized spacial score (nSPS) is 10.9. The zero-order valence-electron chi connectivity index (χ0n) is 10.4. The zero-order chi connectivity index (χ0) is 12.1. The highest BCUT2D eigenvalue weighted by Crippen LogP contribution is 2.02. The van der Waals surface area contributed by atoms with Crippen LogP contribution in [-0.2, 0) is 19.6 Å². The molecule has 0 fully saturated rings. The highest BCUT2D eigenvalue weighted by atomic mass is 15.3. The average molecular weight is 233 g/mol. The van der Waals surface area contributed by atoms with Gasteiger partial charge in [0.05, 0.1) is 18.4 Å². The van der Waals surface area contributed by atoms with Crippen molar-refractivity contribution in [2.45, 2.75) is 33.5 Å². The molecular formula is C12H19N5. The van der Waals surface area contributed by atoms with Crippen LogP contribution in [-0.4, -0.2) is 26.1 Å². The Labute approximate surface area is 101 Å². The van der Waals surface area contributed by atoms with Gasteiger partial charge in [0.15, 0.2) is 0 Å². The van der Waals surface area contributed by atoms with Gasteiger partial charge in [0, 0.05) is 31.0 Å². The number of hydrogen-bond donors (Lipinski definition) is 1. The first-order valence-electron chi connectivity index (χ1n) is 6.06. The van der Waals surface area contributed by atoms with Crippen molar-refractivity contribution in [3.8, 4) is 0 Å². The van der Waals surface area contributed by atoms with Gasteiger partial charge in [0.2, 0.25) is 0 Å². The highest BCUT2D eigenvalue weighted by Gasteiger charge is 2.01. The molecule has 0 aliphatic rings. The number of rotatable bonds is 6. The maximum absolute atomic E-state index is 4.50. The van der Waals surface area contributed by atoms with Gasteiger partial charge in [-0.05, 0) is 19.5 Å². The van der Waals surface area contributed by atoms with E-state index in [2.05, 4.69) is 35.6 Å². The monoisotopic (exact) mass is 233 g/mol. The Kier molecular flexibility index (Phi) is 3.93. The lowest BCUT2D eigenvalue weighted by molar-refractivity contribution is 0.640. The summed E-state index contributed by atoms with van der Waals surface area (Å²) in [7, 11) is 0. The third-order valence-corrected chi connectivity index (χ3v) is 2.61. The molecule has 0 saturated carbocycles. The summed E-state index contributed by atoms with van der Waals surface area (Å²) in [5, 5.41) is 12.0. The SMILES string of the molecule is CCNCc1ccn(Cc2cnn(CC)c2)n1. The Bertz CT molecular complexity index is 457. The van der Waals surface area contributed by atoms with Gasteiger partial charge in [-0.1, -0.05) is 6.92 Å². The van der Waals surface area contributed by atoms with Crippen LogP contribution in [0.25, 0.3) is 0 Å². The second-order valence-electron chi connectivity index (χ2n) is 3.99. The Morgan fingerprint density at radius 2 is 2.18 bits per heavy atom. The molecule has 0 spiro atoms. The second-order valence-corrected chi connectivity index (χ2v) is 3.99. The van der Waals surface area contributed by atoms with E-state index in [0.29, 0.717) is 0 Å². The molecule has 0 aliphatic carbocycles. The van der Waals surface area contributed by atoms with Crippen molar-refractivity contribution in [1.82, 2.24) is 24.9 Å². The number of aryl methyl sites for hydroxylation is 1. The van der Waals surface area contributed by atoms with E-state index in [1.165, 1.54) is 5.56 Å². The van der Waals surface area contributed by atoms with E-state index in [-0.39, 0.29) is 0 Å². The van der Waals surface area contributed by atoms with Gasteiger partial charge in [0.1, 0.15) is 0 Å². The van der Waals surface area contributed by atoms with E-state index in [0.717, 1.165) is 31.9 Å². The molecule has 1 N–H and O–H groups in total. The van der Waals surface area contributed by atoms with E-state index in [4.69, 9.17) is 0 Å². The number of nitrogens with one attached hydrogen (secondary N) is 1. The fourth-order valence-electron chi connectivity index (χ4n) is 1.69. The standard InChI is InChI=1S/C12H19N5/c1-3-13-8-12-5-6-17(15-12)10-11-7-14-16(4-2)9-11/h5-7,9,13H,3-4,8,10H2,1-2H3. The van der Waals surface area contributed by atoms with Gasteiger partial charge in [-0.25, -0.2) is 0 Å². The molecule has 0 bridgehead atoms. The van der Waals surface area contributed by atoms with E-state index in [1.807, 2.05) is 27.8 Å². The first-order valence-corrected chi connectivity index (χ1v) is 6.06. The van der Waals surface area contributed by atoms with Crippen LogP contribution in [0.5, 0.6) is 0 Å². The smallest absolute Gasteiger partial charge is 0.0762 e. The van der Waals surface area contributed by atoms with Crippen molar-refractivity contribution >= 4 is 0 Å². The van der Waals surface area contributed by atoms with Gasteiger partial charge in [0.25, 0.3) is 0 Å². The van der Waals surface area contributed by atoms with Gasteiger partial charge in [-0.3, -0.25) is 9.36 Å². The molecule has 0 aromatic carbocycles. The Hall–Kier alpha value is -1.62. The van der Waals surface area contributed by atoms with Gasteiger partial charge < -0.3 is 5.32 Å². The van der Waals surface area contributed by atoms with Crippen LogP contribution in [0.1, 0.15) is 25.1 Å². The van der Waals surface area contributed by atoms with Gasteiger partial charge in [-0.15, -0.1) is 0 Å². The second kappa shape index (κ2) is 5.63. The summed E-state index contributed by atoms with van der Waals surface area (Å²) in [6, 6.07) is 2.05. The molecule has 2 heterocycles. The predicted octanol–water partition coefficient (Wildman–Crippen LogP) is 1.26. The molecule has 2 aromatic heterocycles. The molecule has 0 unspecified atom stereocenters. The Morgan fingerprint density at radius 1 is 1.29 bits per heavy atom. The van der Waals surface area contributed by atoms with Crippen LogP contribution in [0.3, 0.4) is 0 Å². The topological polar surface area (TPSA) is 47.7 Å². The van der Waals surface area contributed by atoms with Crippen LogP contribution in [0.15, 0.2) is 24.7 Å². The summed E-state index contributed by atoms with van der Waals surface area (Å²) in [5.41, 5.74) is 2.26. The van der Waals surface area contributed by atoms with E-state index >= 15 is 0 Å². The summed E-state index contributed by atoms with van der Waals surface area (Å²) in [6.07, 6.45) is 5.97. The molecule has 2 rings (SSSR count). The van der Waals surface area contributed by atoms with Crippen molar-refractivity contribution in [1.29, 1.82) is 0 Å². The van der Waals surface area contributed by atoms with E-state index < -0.39 is 0 Å². The predicted molar refractivity (Wildman–Crippen MR) is 66.6 cm³/mol. The lowest BCUT2D eigenvalue weighted by Gasteiger charge is -1.99. The maximum atomic E-state index is 4.50. The molecule has 0 amide bonds. The van der Waals surface area contributed by atoms with E-state index in [9.17, 15) is 0 Å². The molecule has 0 saturated heterocycles. The minimum atomic E-state index is 0.784. The first kappa shape index (κ1) is 11.9.